The first kappa shape index (κ1) is 24.8. The number of alkyl halides is 3. The van der Waals surface area contributed by atoms with Crippen molar-refractivity contribution in [2.75, 3.05) is 6.54 Å². The summed E-state index contributed by atoms with van der Waals surface area (Å²) in [6, 6.07) is 8.46. The van der Waals surface area contributed by atoms with Crippen molar-refractivity contribution in [3.05, 3.63) is 52.4 Å². The first-order valence-electron chi connectivity index (χ1n) is 10.1. The summed E-state index contributed by atoms with van der Waals surface area (Å²) in [4.78, 5) is 0.806. The molecule has 0 spiro atoms. The topological polar surface area (TPSA) is 58.2 Å². The molecule has 168 valence electrons. The number of hydrogen-bond acceptors (Lipinski definition) is 4. The molecule has 0 aliphatic carbocycles. The number of sulfonamides is 1. The van der Waals surface area contributed by atoms with Crippen molar-refractivity contribution in [2.24, 2.45) is 5.92 Å². The van der Waals surface area contributed by atoms with Gasteiger partial charge in [0, 0.05) is 24.5 Å². The molecule has 9 heteroatoms. The largest absolute Gasteiger partial charge is 0.416 e. The van der Waals surface area contributed by atoms with Gasteiger partial charge in [-0.1, -0.05) is 51.3 Å². The van der Waals surface area contributed by atoms with Crippen LogP contribution in [0.3, 0.4) is 0 Å². The molecular weight excluding hydrogens is 433 g/mol. The van der Waals surface area contributed by atoms with Gasteiger partial charge in [-0.05, 0) is 36.1 Å². The number of halogens is 3. The van der Waals surface area contributed by atoms with Crippen LogP contribution in [0.5, 0.6) is 0 Å². The molecule has 2 N–H and O–H groups in total. The van der Waals surface area contributed by atoms with Gasteiger partial charge in [0.1, 0.15) is 4.21 Å². The quantitative estimate of drug-likeness (QED) is 0.435. The van der Waals surface area contributed by atoms with E-state index in [4.69, 9.17) is 0 Å². The van der Waals surface area contributed by atoms with E-state index in [-0.39, 0.29) is 10.8 Å². The Labute approximate surface area is 181 Å². The van der Waals surface area contributed by atoms with E-state index in [9.17, 15) is 21.6 Å². The van der Waals surface area contributed by atoms with Crippen molar-refractivity contribution >= 4 is 21.4 Å². The molecule has 0 amide bonds. The summed E-state index contributed by atoms with van der Waals surface area (Å²) in [6.07, 6.45) is -0.262. The highest BCUT2D eigenvalue weighted by Crippen LogP contribution is 2.29. The fourth-order valence-electron chi connectivity index (χ4n) is 3.03. The molecule has 2 rings (SSSR count). The lowest BCUT2D eigenvalue weighted by atomic mass is 10.00. The van der Waals surface area contributed by atoms with E-state index in [1.165, 1.54) is 17.4 Å². The van der Waals surface area contributed by atoms with Crippen LogP contribution in [0, 0.1) is 5.92 Å². The van der Waals surface area contributed by atoms with Gasteiger partial charge in [0.2, 0.25) is 10.0 Å². The summed E-state index contributed by atoms with van der Waals surface area (Å²) in [5, 5.41) is 3.07. The number of thiophene rings is 1. The van der Waals surface area contributed by atoms with E-state index in [0.717, 1.165) is 42.7 Å². The van der Waals surface area contributed by atoms with Gasteiger partial charge >= 0.3 is 6.18 Å². The third kappa shape index (κ3) is 7.68. The van der Waals surface area contributed by atoms with Gasteiger partial charge in [0.25, 0.3) is 0 Å². The Kier molecular flexibility index (Phi) is 9.33. The van der Waals surface area contributed by atoms with Crippen LogP contribution in [0.15, 0.2) is 40.6 Å². The van der Waals surface area contributed by atoms with E-state index in [2.05, 4.69) is 23.9 Å². The fourth-order valence-corrected chi connectivity index (χ4v) is 5.51. The molecule has 0 aliphatic rings. The van der Waals surface area contributed by atoms with Crippen molar-refractivity contribution in [3.63, 3.8) is 0 Å². The number of nitrogens with one attached hydrogen (secondary N) is 2. The average Bonchev–Trinajstić information content (AvgIpc) is 3.18. The summed E-state index contributed by atoms with van der Waals surface area (Å²) in [6.45, 7) is 5.25. The SMILES string of the molecule is CCCCC(CC)CNS(=O)(=O)c1ccc(CNCc2cccc(C(F)(F)F)c2)s1. The normalized spacial score (nSPS) is 13.5. The number of benzene rings is 1. The summed E-state index contributed by atoms with van der Waals surface area (Å²) in [5.74, 6) is 0.327. The molecule has 1 aromatic carbocycles. The minimum absolute atomic E-state index is 0.253. The molecule has 1 atom stereocenters. The predicted molar refractivity (Wildman–Crippen MR) is 115 cm³/mol. The first-order valence-corrected chi connectivity index (χ1v) is 12.4. The van der Waals surface area contributed by atoms with Gasteiger partial charge in [-0.15, -0.1) is 11.3 Å². The van der Waals surface area contributed by atoms with Gasteiger partial charge in [0.05, 0.1) is 5.56 Å². The molecule has 0 bridgehead atoms. The van der Waals surface area contributed by atoms with Crippen molar-refractivity contribution in [3.8, 4) is 0 Å². The van der Waals surface area contributed by atoms with E-state index in [1.54, 1.807) is 18.2 Å². The Morgan fingerprint density at radius 1 is 1.10 bits per heavy atom. The molecule has 0 radical (unpaired) electrons. The lowest BCUT2D eigenvalue weighted by Crippen LogP contribution is -2.28. The second kappa shape index (κ2) is 11.3. The van der Waals surface area contributed by atoms with Crippen LogP contribution in [0.25, 0.3) is 0 Å². The molecule has 1 heterocycles. The Morgan fingerprint density at radius 2 is 1.87 bits per heavy atom. The van der Waals surface area contributed by atoms with Gasteiger partial charge < -0.3 is 5.32 Å². The smallest absolute Gasteiger partial charge is 0.308 e. The monoisotopic (exact) mass is 462 g/mol. The third-order valence-electron chi connectivity index (χ3n) is 4.89. The van der Waals surface area contributed by atoms with Gasteiger partial charge in [-0.25, -0.2) is 13.1 Å². The summed E-state index contributed by atoms with van der Waals surface area (Å²) >= 11 is 1.17. The summed E-state index contributed by atoms with van der Waals surface area (Å²) < 4.78 is 66.4. The number of rotatable bonds is 12. The Balaban J connectivity index is 1.88. The van der Waals surface area contributed by atoms with Crippen LogP contribution in [-0.2, 0) is 29.3 Å². The molecule has 0 saturated heterocycles. The molecule has 0 fully saturated rings. The fraction of sp³-hybridized carbons (Fsp3) is 0.524. The standard InChI is InChI=1S/C21H29F3N2O2S2/c1-3-5-7-16(4-2)14-26-30(27,28)20-11-10-19(29-20)15-25-13-17-8-6-9-18(12-17)21(22,23)24/h6,8-12,16,25-26H,3-5,7,13-15H2,1-2H3. The zero-order chi connectivity index (χ0) is 22.2. The maximum atomic E-state index is 12.8. The van der Waals surface area contributed by atoms with Crippen LogP contribution in [0.1, 0.15) is 55.5 Å². The zero-order valence-corrected chi connectivity index (χ0v) is 18.9. The maximum absolute atomic E-state index is 12.8. The third-order valence-corrected chi connectivity index (χ3v) is 7.89. The minimum atomic E-state index is -4.37. The van der Waals surface area contributed by atoms with Crippen LogP contribution in [-0.4, -0.2) is 15.0 Å². The summed E-state index contributed by atoms with van der Waals surface area (Å²) in [7, 11) is -3.55. The molecule has 1 aromatic heterocycles. The molecule has 2 aromatic rings. The van der Waals surface area contributed by atoms with Crippen molar-refractivity contribution < 1.29 is 21.6 Å². The molecule has 1 unspecified atom stereocenters. The molecule has 30 heavy (non-hydrogen) atoms. The highest BCUT2D eigenvalue weighted by atomic mass is 32.2. The second-order valence-electron chi connectivity index (χ2n) is 7.29. The maximum Gasteiger partial charge on any atom is 0.416 e. The lowest BCUT2D eigenvalue weighted by Gasteiger charge is -2.14. The number of hydrogen-bond donors (Lipinski definition) is 2. The first-order chi connectivity index (χ1) is 14.2. The minimum Gasteiger partial charge on any atom is -0.308 e. The van der Waals surface area contributed by atoms with E-state index >= 15 is 0 Å². The van der Waals surface area contributed by atoms with Gasteiger partial charge in [-0.3, -0.25) is 0 Å². The van der Waals surface area contributed by atoms with Crippen molar-refractivity contribution in [2.45, 2.75) is 63.0 Å². The Bertz CT molecular complexity index is 896. The predicted octanol–water partition coefficient (Wildman–Crippen LogP) is 5.55. The highest BCUT2D eigenvalue weighted by Gasteiger charge is 2.30. The second-order valence-corrected chi connectivity index (χ2v) is 10.5. The zero-order valence-electron chi connectivity index (χ0n) is 17.3. The van der Waals surface area contributed by atoms with Crippen molar-refractivity contribution in [1.29, 1.82) is 0 Å². The van der Waals surface area contributed by atoms with Crippen LogP contribution in [0.2, 0.25) is 0 Å². The van der Waals surface area contributed by atoms with E-state index in [1.807, 2.05) is 0 Å². The molecule has 0 aliphatic heterocycles. The van der Waals surface area contributed by atoms with E-state index in [0.29, 0.717) is 24.6 Å². The van der Waals surface area contributed by atoms with Gasteiger partial charge in [0.15, 0.2) is 0 Å². The lowest BCUT2D eigenvalue weighted by molar-refractivity contribution is -0.137. The summed E-state index contributed by atoms with van der Waals surface area (Å²) in [5.41, 5.74) is -0.157. The van der Waals surface area contributed by atoms with E-state index < -0.39 is 21.8 Å². The van der Waals surface area contributed by atoms with Gasteiger partial charge in [-0.2, -0.15) is 13.2 Å². The number of unbranched alkanes of at least 4 members (excludes halogenated alkanes) is 1. The molecule has 4 nitrogen and oxygen atoms in total. The highest BCUT2D eigenvalue weighted by molar-refractivity contribution is 7.91. The molecule has 0 saturated carbocycles. The van der Waals surface area contributed by atoms with Crippen LogP contribution >= 0.6 is 11.3 Å². The molecular formula is C21H29F3N2O2S2. The Morgan fingerprint density at radius 3 is 2.53 bits per heavy atom. The van der Waals surface area contributed by atoms with Crippen LogP contribution < -0.4 is 10.0 Å². The Hall–Kier alpha value is -1.42. The van der Waals surface area contributed by atoms with Crippen LogP contribution in [0.4, 0.5) is 13.2 Å². The van der Waals surface area contributed by atoms with Crippen molar-refractivity contribution in [1.82, 2.24) is 10.0 Å². The average molecular weight is 463 g/mol.